The van der Waals surface area contributed by atoms with Gasteiger partial charge in [0, 0.05) is 56.9 Å². The fourth-order valence-electron chi connectivity index (χ4n) is 3.01. The van der Waals surface area contributed by atoms with Crippen molar-refractivity contribution < 1.29 is 194 Å². The molecule has 0 saturated heterocycles. The molecule has 0 rings (SSSR count). The minimum absolute atomic E-state index is 0.549. The second-order valence-corrected chi connectivity index (χ2v) is 21.6. The van der Waals surface area contributed by atoms with Crippen molar-refractivity contribution in [3.8, 4) is 0 Å². The van der Waals surface area contributed by atoms with Crippen molar-refractivity contribution in [2.75, 3.05) is 110 Å². The van der Waals surface area contributed by atoms with Gasteiger partial charge in [0.1, 0.15) is 52.9 Å². The summed E-state index contributed by atoms with van der Waals surface area (Å²) < 4.78 is 405. The number of rotatable bonds is 26. The molecule has 16 nitrogen and oxygen atoms in total. The summed E-state index contributed by atoms with van der Waals surface area (Å²) in [5.41, 5.74) is 0. The Morgan fingerprint density at radius 1 is 0.203 bits per heavy atom. The average molecular weight is 1250 g/mol. The van der Waals surface area contributed by atoms with E-state index >= 15 is 0 Å². The zero-order valence-electron chi connectivity index (χ0n) is 37.8. The summed E-state index contributed by atoms with van der Waals surface area (Å²) in [6.45, 7) is -18.8. The van der Waals surface area contributed by atoms with Gasteiger partial charge in [0.05, 0.1) is 0 Å². The Kier molecular flexibility index (Phi) is 33.2. The lowest BCUT2D eigenvalue weighted by Crippen LogP contribution is -2.55. The Balaban J connectivity index is -0.000000464. The average Bonchev–Trinajstić information content (AvgIpc) is 3.23. The summed E-state index contributed by atoms with van der Waals surface area (Å²) >= 11 is 0. The van der Waals surface area contributed by atoms with Gasteiger partial charge < -0.3 is 70.8 Å². The van der Waals surface area contributed by atoms with Crippen LogP contribution in [0, 0.1) is 0 Å². The zero-order chi connectivity index (χ0) is 60.0. The van der Waals surface area contributed by atoms with Crippen LogP contribution in [0.15, 0.2) is 0 Å². The van der Waals surface area contributed by atoms with Crippen molar-refractivity contribution in [3.63, 3.8) is 0 Å². The number of hydrogen-bond acceptors (Lipinski definition) is 16. The lowest BCUT2D eigenvalue weighted by molar-refractivity contribution is -0.301. The van der Waals surface area contributed by atoms with Gasteiger partial charge in [-0.3, -0.25) is 0 Å². The SMILES string of the molecule is CO[Si](OC)(OC)OC.CO[Si](OC)(OCC(F)(F)C(F)(F)F)OCC(F)(F)C(F)(F)F.CO[Si](OC)(OCC(F)(F)F)OCC(F)(F)F.FC(F)(F)CO[Si](OCC(F)(F)F)(OCC(F)(F)F)OCC(F)(F)F. The Bertz CT molecular complexity index is 1340. The van der Waals surface area contributed by atoms with Crippen LogP contribution in [0.1, 0.15) is 0 Å². The first-order valence-electron chi connectivity index (χ1n) is 17.5. The Hall–Kier alpha value is -1.73. The summed E-state index contributed by atoms with van der Waals surface area (Å²) in [7, 11) is -9.57. The summed E-state index contributed by atoms with van der Waals surface area (Å²) in [4.78, 5) is 0. The van der Waals surface area contributed by atoms with Crippen molar-refractivity contribution >= 4 is 36.2 Å². The van der Waals surface area contributed by atoms with Gasteiger partial charge in [0.25, 0.3) is 0 Å². The van der Waals surface area contributed by atoms with Crippen LogP contribution in [0.25, 0.3) is 0 Å². The Morgan fingerprint density at radius 2 is 0.338 bits per heavy atom. The first-order chi connectivity index (χ1) is 32.6. The molecule has 0 aliphatic rings. The van der Waals surface area contributed by atoms with Crippen LogP contribution in [-0.2, 0) is 70.8 Å². The summed E-state index contributed by atoms with van der Waals surface area (Å²) in [5.74, 6) is -10.9. The van der Waals surface area contributed by atoms with Crippen LogP contribution in [0.3, 0.4) is 0 Å². The standard InChI is InChI=1S/C8H8F12O4Si.C8H10F10O4Si.C6H10F6O4Si.C4H12O4Si/c9-5(10,11)1-21-25(22-2-6(12,13)14,23-3-7(15,16)17)24-4-8(18,19)20;1-19-23(20-2,21-3-5(9,10)7(13,14)15)22-4-6(11,12)8(16,17)18;1-13-17(14-2,15-3-5(7,8)9)16-4-6(10,11)12;1-5-9(6-2,7-3)8-4/h1-4H2;3-4H2,1-2H3;3-4H2,1-2H3;1-4H3. The van der Waals surface area contributed by atoms with Gasteiger partial charge in [-0.2, -0.15) is 123 Å². The lowest BCUT2D eigenvalue weighted by Gasteiger charge is -2.29. The second-order valence-electron chi connectivity index (χ2n) is 12.0. The molecule has 74 heavy (non-hydrogen) atoms. The molecule has 452 valence electrons. The van der Waals surface area contributed by atoms with E-state index in [2.05, 4.69) is 53.1 Å². The highest BCUT2D eigenvalue weighted by molar-refractivity contribution is 6.54. The van der Waals surface area contributed by atoms with Gasteiger partial charge in [0.15, 0.2) is 0 Å². The third kappa shape index (κ3) is 36.4. The Labute approximate surface area is 401 Å². The molecule has 0 bridgehead atoms. The van der Waals surface area contributed by atoms with E-state index in [0.29, 0.717) is 14.2 Å². The van der Waals surface area contributed by atoms with E-state index in [0.717, 1.165) is 14.2 Å². The fraction of sp³-hybridized carbons (Fsp3) is 1.00. The molecule has 0 spiro atoms. The van der Waals surface area contributed by atoms with Gasteiger partial charge in [-0.25, -0.2) is 0 Å². The highest BCUT2D eigenvalue weighted by atomic mass is 28.4. The predicted octanol–water partition coefficient (Wildman–Crippen LogP) is 8.76. The van der Waals surface area contributed by atoms with Gasteiger partial charge in [-0.1, -0.05) is 0 Å². The predicted molar refractivity (Wildman–Crippen MR) is 185 cm³/mol. The van der Waals surface area contributed by atoms with E-state index in [9.17, 15) is 123 Å². The molecule has 0 aromatic heterocycles. The maximum absolute atomic E-state index is 12.7. The van der Waals surface area contributed by atoms with Crippen LogP contribution in [0.4, 0.5) is 123 Å². The van der Waals surface area contributed by atoms with Crippen LogP contribution in [0.5, 0.6) is 0 Å². The molecule has 0 heterocycles. The highest BCUT2D eigenvalue weighted by Crippen LogP contribution is 2.38. The van der Waals surface area contributed by atoms with Crippen LogP contribution in [-0.4, -0.2) is 207 Å². The fourth-order valence-corrected chi connectivity index (χ4v) is 8.72. The Morgan fingerprint density at radius 3 is 0.446 bits per heavy atom. The molecule has 0 unspecified atom stereocenters. The third-order valence-corrected chi connectivity index (χ3v) is 14.1. The van der Waals surface area contributed by atoms with Gasteiger partial charge in [0.2, 0.25) is 0 Å². The molecule has 0 aromatic carbocycles. The van der Waals surface area contributed by atoms with E-state index in [1.807, 2.05) is 0 Å². The summed E-state index contributed by atoms with van der Waals surface area (Å²) in [6, 6.07) is 0. The molecule has 0 radical (unpaired) electrons. The van der Waals surface area contributed by atoms with E-state index in [-0.39, 0.29) is 0 Å². The van der Waals surface area contributed by atoms with Gasteiger partial charge in [-0.05, 0) is 0 Å². The minimum Gasteiger partial charge on any atom is -0.355 e. The van der Waals surface area contributed by atoms with Crippen molar-refractivity contribution in [2.24, 2.45) is 0 Å². The molecule has 0 saturated carbocycles. The third-order valence-electron chi connectivity index (χ3n) is 6.17. The minimum atomic E-state index is -6.11. The smallest absolute Gasteiger partial charge is 0.355 e. The van der Waals surface area contributed by atoms with Crippen LogP contribution >= 0.6 is 0 Å². The van der Waals surface area contributed by atoms with Crippen molar-refractivity contribution in [3.05, 3.63) is 0 Å². The topological polar surface area (TPSA) is 148 Å². The molecule has 0 N–H and O–H groups in total. The zero-order valence-corrected chi connectivity index (χ0v) is 41.8. The molecular formula is C26H40F28O16Si4. The molecule has 0 amide bonds. The molecule has 0 aromatic rings. The van der Waals surface area contributed by atoms with Crippen molar-refractivity contribution in [1.82, 2.24) is 0 Å². The molecular weight excluding hydrogens is 1210 g/mol. The quantitative estimate of drug-likeness (QED) is 0.0600. The number of halogens is 28. The number of hydrogen-bond donors (Lipinski definition) is 0. The van der Waals surface area contributed by atoms with Crippen molar-refractivity contribution in [2.45, 2.75) is 61.3 Å². The van der Waals surface area contributed by atoms with Crippen LogP contribution in [0.2, 0.25) is 0 Å². The van der Waals surface area contributed by atoms with E-state index in [1.165, 1.54) is 28.4 Å². The van der Waals surface area contributed by atoms with Gasteiger partial charge in [-0.15, -0.1) is 0 Å². The van der Waals surface area contributed by atoms with E-state index in [4.69, 9.17) is 17.7 Å². The van der Waals surface area contributed by atoms with E-state index in [1.54, 1.807) is 0 Å². The van der Waals surface area contributed by atoms with E-state index < -0.39 is 150 Å². The monoisotopic (exact) mass is 1250 g/mol. The molecule has 48 heteroatoms. The maximum atomic E-state index is 12.7. The first-order valence-corrected chi connectivity index (χ1v) is 24.0. The lowest BCUT2D eigenvalue weighted by atomic mass is 10.3. The summed E-state index contributed by atoms with van der Waals surface area (Å²) in [5, 5.41) is 0. The van der Waals surface area contributed by atoms with Crippen molar-refractivity contribution in [1.29, 1.82) is 0 Å². The molecule has 0 aliphatic heterocycles. The maximum Gasteiger partial charge on any atom is 0.680 e. The summed E-state index contributed by atoms with van der Waals surface area (Å²) in [6.07, 6.45) is -42.9. The second kappa shape index (κ2) is 31.2. The molecule has 0 aliphatic carbocycles. The highest BCUT2D eigenvalue weighted by Gasteiger charge is 2.63. The first kappa shape index (κ1) is 78.8. The molecule has 0 fully saturated rings. The normalized spacial score (nSPS) is 14.4. The van der Waals surface area contributed by atoms with Gasteiger partial charge >= 0.3 is 97.4 Å². The number of alkyl halides is 28. The largest absolute Gasteiger partial charge is 0.680 e. The van der Waals surface area contributed by atoms with Crippen LogP contribution < -0.4 is 0 Å². The molecule has 0 atom stereocenters.